The predicted molar refractivity (Wildman–Crippen MR) is 118 cm³/mol. The van der Waals surface area contributed by atoms with Crippen molar-refractivity contribution in [3.63, 3.8) is 0 Å². The van der Waals surface area contributed by atoms with Crippen molar-refractivity contribution in [1.82, 2.24) is 14.7 Å². The van der Waals surface area contributed by atoms with Crippen molar-refractivity contribution in [2.45, 2.75) is 25.7 Å². The molecule has 10 heteroatoms. The molecular weight excluding hydrogens is 451 g/mol. The molecule has 7 nitrogen and oxygen atoms in total. The summed E-state index contributed by atoms with van der Waals surface area (Å²) in [6.07, 6.45) is -5.27. The monoisotopic (exact) mass is 473 g/mol. The van der Waals surface area contributed by atoms with Crippen LogP contribution in [0.25, 0.3) is 11.3 Å². The molecule has 0 N–H and O–H groups in total. The molecule has 2 aromatic carbocycles. The molecule has 0 spiro atoms. The summed E-state index contributed by atoms with van der Waals surface area (Å²) >= 11 is 0. The van der Waals surface area contributed by atoms with Crippen molar-refractivity contribution in [2.24, 2.45) is 0 Å². The van der Waals surface area contributed by atoms with Gasteiger partial charge in [0.1, 0.15) is 0 Å². The zero-order chi connectivity index (χ0) is 25.0. The minimum absolute atomic E-state index is 0.236. The molecule has 0 fully saturated rings. The Morgan fingerprint density at radius 1 is 1.00 bits per heavy atom. The summed E-state index contributed by atoms with van der Waals surface area (Å²) in [6, 6.07) is 15.6. The molecule has 1 atom stereocenters. The molecule has 0 radical (unpaired) electrons. The van der Waals surface area contributed by atoms with Crippen LogP contribution in [0.1, 0.15) is 34.5 Å². The molecule has 1 aromatic heterocycles. The lowest BCUT2D eigenvalue weighted by Gasteiger charge is -2.16. The smallest absolute Gasteiger partial charge is 0.383 e. The molecule has 0 aliphatic rings. The molecule has 0 amide bonds. The number of halogens is 3. The highest BCUT2D eigenvalue weighted by Crippen LogP contribution is 2.21. The lowest BCUT2D eigenvalue weighted by Crippen LogP contribution is -2.28. The first-order valence-corrected chi connectivity index (χ1v) is 10.2. The van der Waals surface area contributed by atoms with Crippen molar-refractivity contribution in [2.75, 3.05) is 14.1 Å². The van der Waals surface area contributed by atoms with E-state index in [1.54, 1.807) is 13.0 Å². The van der Waals surface area contributed by atoms with Crippen LogP contribution < -0.4 is 5.56 Å². The summed E-state index contributed by atoms with van der Waals surface area (Å²) < 4.78 is 41.9. The van der Waals surface area contributed by atoms with Crippen LogP contribution in [0.2, 0.25) is 0 Å². The molecular formula is C24H22F3N3O4. The van der Waals surface area contributed by atoms with Gasteiger partial charge in [-0.05, 0) is 50.3 Å². The average Bonchev–Trinajstić information content (AvgIpc) is 2.78. The highest BCUT2D eigenvalue weighted by Gasteiger charge is 2.42. The molecule has 1 heterocycles. The van der Waals surface area contributed by atoms with Gasteiger partial charge in [0.05, 0.1) is 17.3 Å². The van der Waals surface area contributed by atoms with E-state index in [0.29, 0.717) is 11.3 Å². The lowest BCUT2D eigenvalue weighted by atomic mass is 10.1. The number of hydrogen-bond acceptors (Lipinski definition) is 6. The summed E-state index contributed by atoms with van der Waals surface area (Å²) in [6.45, 7) is 2.51. The van der Waals surface area contributed by atoms with Gasteiger partial charge in [-0.2, -0.15) is 18.3 Å². The second-order valence-electron chi connectivity index (χ2n) is 7.91. The number of alkyl halides is 3. The summed E-state index contributed by atoms with van der Waals surface area (Å²) in [7, 11) is 3.95. The standard InChI is InChI=1S/C24H22F3N3O4/c1-15(17-8-10-19(11-9-17)22(32)34-23(33)24(25,26)27)30-21(31)13-12-20(28-30)18-6-4-16(5-7-18)14-29(2)3/h4-13,15H,14H2,1-3H3/t15-/m0/s1. The normalized spacial score (nSPS) is 12.4. The Morgan fingerprint density at radius 3 is 2.18 bits per heavy atom. The third kappa shape index (κ3) is 5.96. The average molecular weight is 473 g/mol. The van der Waals surface area contributed by atoms with Gasteiger partial charge in [0, 0.05) is 18.2 Å². The van der Waals surface area contributed by atoms with E-state index in [4.69, 9.17) is 0 Å². The van der Waals surface area contributed by atoms with Gasteiger partial charge in [-0.3, -0.25) is 4.79 Å². The molecule has 178 valence electrons. The van der Waals surface area contributed by atoms with Crippen molar-refractivity contribution in [1.29, 1.82) is 0 Å². The van der Waals surface area contributed by atoms with Gasteiger partial charge in [-0.25, -0.2) is 14.3 Å². The quantitative estimate of drug-likeness (QED) is 0.400. The maximum atomic E-state index is 12.5. The minimum Gasteiger partial charge on any atom is -0.383 e. The molecule has 34 heavy (non-hydrogen) atoms. The number of benzene rings is 2. The Hall–Kier alpha value is -3.79. The van der Waals surface area contributed by atoms with Gasteiger partial charge in [-0.15, -0.1) is 0 Å². The highest BCUT2D eigenvalue weighted by atomic mass is 19.4. The van der Waals surface area contributed by atoms with Crippen LogP contribution in [-0.4, -0.2) is 46.9 Å². The largest absolute Gasteiger partial charge is 0.491 e. The summed E-state index contributed by atoms with van der Waals surface area (Å²) in [5, 5.41) is 4.47. The van der Waals surface area contributed by atoms with Crippen molar-refractivity contribution in [3.05, 3.63) is 87.7 Å². The number of esters is 2. The molecule has 0 saturated carbocycles. The van der Waals surface area contributed by atoms with E-state index in [0.717, 1.165) is 17.7 Å². The van der Waals surface area contributed by atoms with E-state index >= 15 is 0 Å². The number of carbonyl (C=O) groups excluding carboxylic acids is 2. The fourth-order valence-electron chi connectivity index (χ4n) is 3.24. The fourth-order valence-corrected chi connectivity index (χ4v) is 3.24. The van der Waals surface area contributed by atoms with Crippen LogP contribution >= 0.6 is 0 Å². The molecule has 0 aliphatic heterocycles. The SMILES string of the molecule is C[C@@H](c1ccc(C(=O)OC(=O)C(F)(F)F)cc1)n1nc(-c2ccc(CN(C)C)cc2)ccc1=O. The Labute approximate surface area is 193 Å². The molecule has 3 aromatic rings. The molecule has 3 rings (SSSR count). The first-order valence-electron chi connectivity index (χ1n) is 10.2. The summed E-state index contributed by atoms with van der Waals surface area (Å²) in [5.41, 5.74) is 2.54. The van der Waals surface area contributed by atoms with E-state index in [9.17, 15) is 27.6 Å². The van der Waals surface area contributed by atoms with Gasteiger partial charge in [0.25, 0.3) is 5.56 Å². The van der Waals surface area contributed by atoms with E-state index in [-0.39, 0.29) is 11.1 Å². The minimum atomic E-state index is -5.27. The van der Waals surface area contributed by atoms with Crippen LogP contribution in [0.5, 0.6) is 0 Å². The second-order valence-corrected chi connectivity index (χ2v) is 7.91. The third-order valence-corrected chi connectivity index (χ3v) is 4.99. The molecule has 0 aliphatic carbocycles. The number of carbonyl (C=O) groups is 2. The number of nitrogens with zero attached hydrogens (tertiary/aromatic N) is 3. The van der Waals surface area contributed by atoms with E-state index < -0.39 is 24.2 Å². The Kier molecular flexibility index (Phi) is 7.31. The van der Waals surface area contributed by atoms with E-state index in [1.165, 1.54) is 35.0 Å². The van der Waals surface area contributed by atoms with E-state index in [1.807, 2.05) is 43.3 Å². The maximum Gasteiger partial charge on any atom is 0.491 e. The number of ether oxygens (including phenoxy) is 1. The van der Waals surface area contributed by atoms with Gasteiger partial charge >= 0.3 is 18.1 Å². The van der Waals surface area contributed by atoms with Gasteiger partial charge in [0.15, 0.2) is 0 Å². The molecule has 0 saturated heterocycles. The van der Waals surface area contributed by atoms with Gasteiger partial charge < -0.3 is 9.64 Å². The number of rotatable bonds is 6. The Balaban J connectivity index is 1.80. The van der Waals surface area contributed by atoms with E-state index in [2.05, 4.69) is 9.84 Å². The first kappa shape index (κ1) is 24.8. The maximum absolute atomic E-state index is 12.5. The third-order valence-electron chi connectivity index (χ3n) is 4.99. The fraction of sp³-hybridized carbons (Fsp3) is 0.250. The van der Waals surface area contributed by atoms with Crippen LogP contribution in [0.3, 0.4) is 0 Å². The zero-order valence-electron chi connectivity index (χ0n) is 18.7. The van der Waals surface area contributed by atoms with Crippen molar-refractivity contribution < 1.29 is 27.5 Å². The Bertz CT molecular complexity index is 1230. The van der Waals surface area contributed by atoms with Gasteiger partial charge in [0.2, 0.25) is 0 Å². The first-order chi connectivity index (χ1) is 16.0. The summed E-state index contributed by atoms with van der Waals surface area (Å²) in [4.78, 5) is 37.1. The number of hydrogen-bond donors (Lipinski definition) is 0. The van der Waals surface area contributed by atoms with Crippen LogP contribution in [0.15, 0.2) is 65.5 Å². The number of aromatic nitrogens is 2. The zero-order valence-corrected chi connectivity index (χ0v) is 18.7. The molecule has 0 bridgehead atoms. The lowest BCUT2D eigenvalue weighted by molar-refractivity contribution is -0.193. The highest BCUT2D eigenvalue weighted by molar-refractivity contribution is 5.98. The van der Waals surface area contributed by atoms with Gasteiger partial charge in [-0.1, -0.05) is 36.4 Å². The van der Waals surface area contributed by atoms with Crippen molar-refractivity contribution in [3.8, 4) is 11.3 Å². The molecule has 0 unspecified atom stereocenters. The topological polar surface area (TPSA) is 81.5 Å². The second kappa shape index (κ2) is 10.0. The Morgan fingerprint density at radius 2 is 1.62 bits per heavy atom. The summed E-state index contributed by atoms with van der Waals surface area (Å²) in [5.74, 6) is -4.01. The van der Waals surface area contributed by atoms with Crippen molar-refractivity contribution >= 4 is 11.9 Å². The predicted octanol–water partition coefficient (Wildman–Crippen LogP) is 3.83. The van der Waals surface area contributed by atoms with Crippen LogP contribution in [0.4, 0.5) is 13.2 Å². The van der Waals surface area contributed by atoms with Crippen LogP contribution in [-0.2, 0) is 16.1 Å². The van der Waals surface area contributed by atoms with Crippen LogP contribution in [0, 0.1) is 0 Å².